The molecule has 1 atom stereocenters. The molecular weight excluding hydrogens is 258 g/mol. The van der Waals surface area contributed by atoms with Crippen LogP contribution in [-0.4, -0.2) is 23.3 Å². The second kappa shape index (κ2) is 5.93. The molecule has 1 aromatic carbocycles. The van der Waals surface area contributed by atoms with Crippen LogP contribution in [-0.2, 0) is 9.53 Å². The van der Waals surface area contributed by atoms with Gasteiger partial charge in [-0.15, -0.1) is 12.4 Å². The summed E-state index contributed by atoms with van der Waals surface area (Å²) >= 11 is 0. The van der Waals surface area contributed by atoms with Gasteiger partial charge in [0.25, 0.3) is 0 Å². The van der Waals surface area contributed by atoms with E-state index in [0.717, 1.165) is 0 Å². The van der Waals surface area contributed by atoms with Gasteiger partial charge in [-0.3, -0.25) is 4.79 Å². The molecule has 6 heteroatoms. The van der Waals surface area contributed by atoms with Crippen LogP contribution in [0, 0.1) is 5.41 Å². The van der Waals surface area contributed by atoms with E-state index in [0.29, 0.717) is 5.56 Å². The Bertz CT molecular complexity index is 414. The largest absolute Gasteiger partial charge is 0.508 e. The first-order valence-corrected chi connectivity index (χ1v) is 5.16. The van der Waals surface area contributed by atoms with Crippen molar-refractivity contribution in [1.82, 2.24) is 0 Å². The summed E-state index contributed by atoms with van der Waals surface area (Å²) in [5, 5.41) is 18.7. The SMILES string of the molecule is COC(=O)C(C)(C)[C@@H](N)c1cc(O)cc(O)c1.Cl. The van der Waals surface area contributed by atoms with Gasteiger partial charge in [-0.1, -0.05) is 0 Å². The number of hydrogen-bond acceptors (Lipinski definition) is 5. The number of hydrogen-bond donors (Lipinski definition) is 3. The van der Waals surface area contributed by atoms with E-state index in [1.54, 1.807) is 13.8 Å². The maximum atomic E-state index is 11.6. The highest BCUT2D eigenvalue weighted by molar-refractivity contribution is 5.85. The summed E-state index contributed by atoms with van der Waals surface area (Å²) in [6.07, 6.45) is 0. The highest BCUT2D eigenvalue weighted by Crippen LogP contribution is 2.35. The number of benzene rings is 1. The van der Waals surface area contributed by atoms with Crippen LogP contribution >= 0.6 is 12.4 Å². The van der Waals surface area contributed by atoms with Crippen molar-refractivity contribution in [2.75, 3.05) is 7.11 Å². The van der Waals surface area contributed by atoms with Gasteiger partial charge in [0.2, 0.25) is 0 Å². The van der Waals surface area contributed by atoms with Gasteiger partial charge in [0, 0.05) is 12.1 Å². The van der Waals surface area contributed by atoms with Gasteiger partial charge < -0.3 is 20.7 Å². The number of esters is 1. The minimum Gasteiger partial charge on any atom is -0.508 e. The summed E-state index contributed by atoms with van der Waals surface area (Å²) in [7, 11) is 1.29. The summed E-state index contributed by atoms with van der Waals surface area (Å²) in [4.78, 5) is 11.6. The topological polar surface area (TPSA) is 92.8 Å². The monoisotopic (exact) mass is 275 g/mol. The van der Waals surface area contributed by atoms with Crippen LogP contribution in [0.25, 0.3) is 0 Å². The van der Waals surface area contributed by atoms with Crippen molar-refractivity contribution >= 4 is 18.4 Å². The highest BCUT2D eigenvalue weighted by atomic mass is 35.5. The minimum atomic E-state index is -0.949. The molecule has 0 spiro atoms. The van der Waals surface area contributed by atoms with Crippen molar-refractivity contribution in [1.29, 1.82) is 0 Å². The number of aromatic hydroxyl groups is 2. The predicted octanol–water partition coefficient (Wildman–Crippen LogP) is 1.72. The van der Waals surface area contributed by atoms with Crippen molar-refractivity contribution in [3.8, 4) is 11.5 Å². The van der Waals surface area contributed by atoms with Gasteiger partial charge in [0.1, 0.15) is 11.5 Å². The van der Waals surface area contributed by atoms with Crippen LogP contribution in [0.3, 0.4) is 0 Å². The Morgan fingerprint density at radius 3 is 2.11 bits per heavy atom. The number of carbonyl (C=O) groups excluding carboxylic acids is 1. The van der Waals surface area contributed by atoms with E-state index in [9.17, 15) is 15.0 Å². The fraction of sp³-hybridized carbons (Fsp3) is 0.417. The third kappa shape index (κ3) is 3.27. The summed E-state index contributed by atoms with van der Waals surface area (Å²) in [5.74, 6) is -0.653. The lowest BCUT2D eigenvalue weighted by Gasteiger charge is -2.29. The summed E-state index contributed by atoms with van der Waals surface area (Å²) in [6, 6.07) is 3.33. The molecule has 0 bridgehead atoms. The van der Waals surface area contributed by atoms with Crippen LogP contribution in [0.5, 0.6) is 11.5 Å². The third-order valence-corrected chi connectivity index (χ3v) is 2.77. The van der Waals surface area contributed by atoms with Gasteiger partial charge in [-0.05, 0) is 31.5 Å². The van der Waals surface area contributed by atoms with Crippen molar-refractivity contribution in [3.63, 3.8) is 0 Å². The Hall–Kier alpha value is -1.46. The van der Waals surface area contributed by atoms with Crippen LogP contribution in [0.1, 0.15) is 25.5 Å². The minimum absolute atomic E-state index is 0. The Morgan fingerprint density at radius 1 is 1.28 bits per heavy atom. The van der Waals surface area contributed by atoms with E-state index in [2.05, 4.69) is 4.74 Å². The zero-order chi connectivity index (χ0) is 13.2. The molecule has 0 unspecified atom stereocenters. The number of halogens is 1. The summed E-state index contributed by atoms with van der Waals surface area (Å²) in [6.45, 7) is 3.29. The van der Waals surface area contributed by atoms with E-state index in [1.807, 2.05) is 0 Å². The second-order valence-electron chi connectivity index (χ2n) is 4.47. The number of rotatable bonds is 3. The number of nitrogens with two attached hydrogens (primary N) is 1. The van der Waals surface area contributed by atoms with E-state index in [-0.39, 0.29) is 23.9 Å². The number of phenolic OH excluding ortho intramolecular Hbond substituents is 2. The highest BCUT2D eigenvalue weighted by Gasteiger charge is 2.36. The van der Waals surface area contributed by atoms with Crippen molar-refractivity contribution in [2.24, 2.45) is 11.1 Å². The number of methoxy groups -OCH3 is 1. The molecule has 0 fully saturated rings. The van der Waals surface area contributed by atoms with Gasteiger partial charge in [0.15, 0.2) is 0 Å². The normalized spacial score (nSPS) is 12.4. The van der Waals surface area contributed by atoms with Crippen molar-refractivity contribution in [2.45, 2.75) is 19.9 Å². The fourth-order valence-corrected chi connectivity index (χ4v) is 1.60. The molecule has 0 aliphatic heterocycles. The zero-order valence-electron chi connectivity index (χ0n) is 10.5. The standard InChI is InChI=1S/C12H17NO4.ClH/c1-12(2,11(16)17-3)10(13)7-4-8(14)6-9(15)5-7;/h4-6,10,14-15H,13H2,1-3H3;1H/t10-;/m0./s1. The molecule has 1 rings (SSSR count). The predicted molar refractivity (Wildman–Crippen MR) is 69.7 cm³/mol. The molecule has 0 saturated carbocycles. The quantitative estimate of drug-likeness (QED) is 0.731. The molecule has 0 saturated heterocycles. The maximum absolute atomic E-state index is 11.6. The molecule has 4 N–H and O–H groups in total. The molecule has 5 nitrogen and oxygen atoms in total. The average Bonchev–Trinajstić information content (AvgIpc) is 2.25. The van der Waals surface area contributed by atoms with E-state index in [1.165, 1.54) is 25.3 Å². The summed E-state index contributed by atoms with van der Waals surface area (Å²) < 4.78 is 4.67. The Kier molecular flexibility index (Phi) is 5.45. The van der Waals surface area contributed by atoms with Crippen LogP contribution in [0.2, 0.25) is 0 Å². The Labute approximate surface area is 112 Å². The van der Waals surface area contributed by atoms with Crippen molar-refractivity contribution < 1.29 is 19.7 Å². The van der Waals surface area contributed by atoms with Gasteiger partial charge >= 0.3 is 5.97 Å². The van der Waals surface area contributed by atoms with Crippen LogP contribution in [0.4, 0.5) is 0 Å². The molecular formula is C12H18ClNO4. The Balaban J connectivity index is 0.00000289. The van der Waals surface area contributed by atoms with E-state index >= 15 is 0 Å². The molecule has 1 aromatic rings. The zero-order valence-corrected chi connectivity index (χ0v) is 11.3. The molecule has 0 heterocycles. The summed E-state index contributed by atoms with van der Waals surface area (Å²) in [5.41, 5.74) is 5.48. The number of carbonyl (C=O) groups is 1. The molecule has 0 aliphatic carbocycles. The third-order valence-electron chi connectivity index (χ3n) is 2.77. The Morgan fingerprint density at radius 2 is 1.72 bits per heavy atom. The van der Waals surface area contributed by atoms with Crippen molar-refractivity contribution in [3.05, 3.63) is 23.8 Å². The van der Waals surface area contributed by atoms with E-state index < -0.39 is 17.4 Å². The lowest BCUT2D eigenvalue weighted by atomic mass is 9.81. The van der Waals surface area contributed by atoms with Gasteiger partial charge in [-0.25, -0.2) is 0 Å². The molecule has 0 aliphatic rings. The molecule has 0 amide bonds. The lowest BCUT2D eigenvalue weighted by molar-refractivity contribution is -0.152. The maximum Gasteiger partial charge on any atom is 0.313 e. The molecule has 0 aromatic heterocycles. The first kappa shape index (κ1) is 16.5. The van der Waals surface area contributed by atoms with E-state index in [4.69, 9.17) is 5.73 Å². The smallest absolute Gasteiger partial charge is 0.313 e. The molecule has 18 heavy (non-hydrogen) atoms. The lowest BCUT2D eigenvalue weighted by Crippen LogP contribution is -2.37. The fourth-order valence-electron chi connectivity index (χ4n) is 1.60. The first-order valence-electron chi connectivity index (χ1n) is 5.16. The van der Waals surface area contributed by atoms with Gasteiger partial charge in [-0.2, -0.15) is 0 Å². The van der Waals surface area contributed by atoms with Gasteiger partial charge in [0.05, 0.1) is 12.5 Å². The molecule has 0 radical (unpaired) electrons. The second-order valence-corrected chi connectivity index (χ2v) is 4.47. The number of phenols is 2. The first-order chi connectivity index (χ1) is 7.78. The van der Waals surface area contributed by atoms with Crippen LogP contribution in [0.15, 0.2) is 18.2 Å². The average molecular weight is 276 g/mol. The molecule has 102 valence electrons. The van der Waals surface area contributed by atoms with Crippen LogP contribution < -0.4 is 5.73 Å². The number of ether oxygens (including phenoxy) is 1.